The average Bonchev–Trinajstić information content (AvgIpc) is 2.40. The van der Waals surface area contributed by atoms with Gasteiger partial charge in [-0.25, -0.2) is 0 Å². The zero-order valence-electron chi connectivity index (χ0n) is 12.9. The van der Waals surface area contributed by atoms with Gasteiger partial charge in [-0.05, 0) is 32.7 Å². The Morgan fingerprint density at radius 3 is 2.79 bits per heavy atom. The predicted molar refractivity (Wildman–Crippen MR) is 79.3 cm³/mol. The van der Waals surface area contributed by atoms with Crippen LogP contribution in [0.25, 0.3) is 0 Å². The molecule has 2 fully saturated rings. The van der Waals surface area contributed by atoms with Gasteiger partial charge in [0.1, 0.15) is 6.29 Å². The molecule has 2 rings (SSSR count). The van der Waals surface area contributed by atoms with E-state index < -0.39 is 0 Å². The Hall–Kier alpha value is -0.410. The molecule has 0 aliphatic carbocycles. The van der Waals surface area contributed by atoms with Crippen molar-refractivity contribution in [3.63, 3.8) is 0 Å². The molecular formula is C16H30N2O. The fourth-order valence-corrected chi connectivity index (χ4v) is 3.84. The minimum Gasteiger partial charge on any atom is -0.303 e. The van der Waals surface area contributed by atoms with Gasteiger partial charge in [0, 0.05) is 37.1 Å². The molecule has 2 heterocycles. The maximum Gasteiger partial charge on any atom is 0.127 e. The van der Waals surface area contributed by atoms with E-state index >= 15 is 0 Å². The topological polar surface area (TPSA) is 23.6 Å². The first-order chi connectivity index (χ1) is 9.08. The summed E-state index contributed by atoms with van der Waals surface area (Å²) in [4.78, 5) is 16.7. The molecule has 3 unspecified atom stereocenters. The molecule has 19 heavy (non-hydrogen) atoms. The Balaban J connectivity index is 1.97. The monoisotopic (exact) mass is 266 g/mol. The fourth-order valence-electron chi connectivity index (χ4n) is 3.84. The molecule has 0 N–H and O–H groups in total. The summed E-state index contributed by atoms with van der Waals surface area (Å²) >= 11 is 0. The maximum absolute atomic E-state index is 11.4. The fraction of sp³-hybridized carbons (Fsp3) is 0.938. The molecule has 0 spiro atoms. The van der Waals surface area contributed by atoms with Gasteiger partial charge in [-0.2, -0.15) is 0 Å². The van der Waals surface area contributed by atoms with Gasteiger partial charge in [0.2, 0.25) is 0 Å². The lowest BCUT2D eigenvalue weighted by molar-refractivity contribution is -0.118. The van der Waals surface area contributed by atoms with E-state index in [4.69, 9.17) is 0 Å². The largest absolute Gasteiger partial charge is 0.303 e. The van der Waals surface area contributed by atoms with Crippen LogP contribution in [0.1, 0.15) is 52.9 Å². The lowest BCUT2D eigenvalue weighted by Gasteiger charge is -2.49. The Morgan fingerprint density at radius 2 is 2.11 bits per heavy atom. The summed E-state index contributed by atoms with van der Waals surface area (Å²) in [5, 5.41) is 0. The molecule has 2 aliphatic heterocycles. The molecule has 0 aromatic rings. The van der Waals surface area contributed by atoms with Crippen molar-refractivity contribution in [2.45, 2.75) is 65.0 Å². The summed E-state index contributed by atoms with van der Waals surface area (Å²) in [6.45, 7) is 11.2. The molecule has 2 aliphatic rings. The number of aldehydes is 1. The maximum atomic E-state index is 11.4. The van der Waals surface area contributed by atoms with E-state index in [1.807, 2.05) is 0 Å². The highest BCUT2D eigenvalue weighted by Gasteiger charge is 2.36. The number of hydrogen-bond donors (Lipinski definition) is 0. The summed E-state index contributed by atoms with van der Waals surface area (Å²) in [6, 6.07) is 1.33. The van der Waals surface area contributed by atoms with Crippen molar-refractivity contribution in [3.05, 3.63) is 0 Å². The van der Waals surface area contributed by atoms with Crippen LogP contribution in [0.3, 0.4) is 0 Å². The molecule has 2 saturated heterocycles. The summed E-state index contributed by atoms with van der Waals surface area (Å²) in [7, 11) is 0. The molecule has 0 amide bonds. The first-order valence-corrected chi connectivity index (χ1v) is 8.02. The highest BCUT2D eigenvalue weighted by atomic mass is 16.1. The van der Waals surface area contributed by atoms with Gasteiger partial charge in [0.25, 0.3) is 0 Å². The average molecular weight is 266 g/mol. The minimum absolute atomic E-state index is 0.153. The van der Waals surface area contributed by atoms with Crippen molar-refractivity contribution in [2.75, 3.05) is 26.2 Å². The first-order valence-electron chi connectivity index (χ1n) is 8.02. The van der Waals surface area contributed by atoms with E-state index in [0.717, 1.165) is 32.0 Å². The van der Waals surface area contributed by atoms with Crippen molar-refractivity contribution >= 4 is 6.29 Å². The zero-order chi connectivity index (χ0) is 13.9. The summed E-state index contributed by atoms with van der Waals surface area (Å²) in [6.07, 6.45) is 7.38. The van der Waals surface area contributed by atoms with Crippen LogP contribution in [0.15, 0.2) is 0 Å². The second kappa shape index (κ2) is 6.36. The molecule has 110 valence electrons. The standard InChI is InChI=1S/C16H30N2O/c1-4-8-16(3,13-19)12-18-11-15-7-5-6-9-17(15)10-14(18)2/h13-15H,4-12H2,1-3H3. The minimum atomic E-state index is -0.153. The van der Waals surface area contributed by atoms with E-state index in [1.54, 1.807) is 0 Å². The zero-order valence-corrected chi connectivity index (χ0v) is 12.9. The number of fused-ring (bicyclic) bond motifs is 1. The smallest absolute Gasteiger partial charge is 0.127 e. The number of rotatable bonds is 5. The number of hydrogen-bond acceptors (Lipinski definition) is 3. The molecule has 0 radical (unpaired) electrons. The van der Waals surface area contributed by atoms with Crippen molar-refractivity contribution in [1.29, 1.82) is 0 Å². The van der Waals surface area contributed by atoms with Crippen molar-refractivity contribution in [2.24, 2.45) is 5.41 Å². The van der Waals surface area contributed by atoms with Crippen LogP contribution >= 0.6 is 0 Å². The Labute approximate surface area is 118 Å². The van der Waals surface area contributed by atoms with Crippen LogP contribution in [0.4, 0.5) is 0 Å². The van der Waals surface area contributed by atoms with Gasteiger partial charge in [-0.1, -0.05) is 26.7 Å². The lowest BCUT2D eigenvalue weighted by Crippen LogP contribution is -2.60. The van der Waals surface area contributed by atoms with Gasteiger partial charge in [0.15, 0.2) is 0 Å². The van der Waals surface area contributed by atoms with Crippen LogP contribution in [-0.4, -0.2) is 54.3 Å². The van der Waals surface area contributed by atoms with Crippen molar-refractivity contribution in [1.82, 2.24) is 9.80 Å². The summed E-state index contributed by atoms with van der Waals surface area (Å²) in [5.74, 6) is 0. The van der Waals surface area contributed by atoms with Crippen LogP contribution in [0, 0.1) is 5.41 Å². The van der Waals surface area contributed by atoms with E-state index in [0.29, 0.717) is 6.04 Å². The van der Waals surface area contributed by atoms with Crippen LogP contribution in [0.2, 0.25) is 0 Å². The third kappa shape index (κ3) is 3.57. The highest BCUT2D eigenvalue weighted by molar-refractivity contribution is 5.59. The van der Waals surface area contributed by atoms with E-state index in [-0.39, 0.29) is 5.41 Å². The quantitative estimate of drug-likeness (QED) is 0.715. The Kier molecular flexibility index (Phi) is 5.02. The normalized spacial score (nSPS) is 32.6. The summed E-state index contributed by atoms with van der Waals surface area (Å²) < 4.78 is 0. The SMILES string of the molecule is CCCC(C)(C=O)CN1CC2CCCCN2CC1C. The molecule has 0 aromatic carbocycles. The summed E-state index contributed by atoms with van der Waals surface area (Å²) in [5.41, 5.74) is -0.153. The first kappa shape index (κ1) is 15.0. The van der Waals surface area contributed by atoms with Gasteiger partial charge in [-0.15, -0.1) is 0 Å². The third-order valence-electron chi connectivity index (χ3n) is 4.99. The molecule has 0 aromatic heterocycles. The Morgan fingerprint density at radius 1 is 1.32 bits per heavy atom. The van der Waals surface area contributed by atoms with Gasteiger partial charge < -0.3 is 4.79 Å². The lowest BCUT2D eigenvalue weighted by atomic mass is 9.85. The molecule has 3 nitrogen and oxygen atoms in total. The number of nitrogens with zero attached hydrogens (tertiary/aromatic N) is 2. The molecule has 3 heteroatoms. The van der Waals surface area contributed by atoms with Gasteiger partial charge in [0.05, 0.1) is 0 Å². The third-order valence-corrected chi connectivity index (χ3v) is 4.99. The molecule has 3 atom stereocenters. The Bertz CT molecular complexity index is 307. The highest BCUT2D eigenvalue weighted by Crippen LogP contribution is 2.28. The van der Waals surface area contributed by atoms with Crippen LogP contribution < -0.4 is 0 Å². The number of piperazine rings is 1. The van der Waals surface area contributed by atoms with Crippen molar-refractivity contribution in [3.8, 4) is 0 Å². The van der Waals surface area contributed by atoms with E-state index in [2.05, 4.69) is 30.6 Å². The van der Waals surface area contributed by atoms with Gasteiger partial charge in [-0.3, -0.25) is 9.80 Å². The number of carbonyl (C=O) groups excluding carboxylic acids is 1. The predicted octanol–water partition coefficient (Wildman–Crippen LogP) is 2.55. The number of piperidine rings is 1. The van der Waals surface area contributed by atoms with Gasteiger partial charge >= 0.3 is 0 Å². The number of carbonyl (C=O) groups is 1. The second-order valence-corrected chi connectivity index (χ2v) is 6.94. The second-order valence-electron chi connectivity index (χ2n) is 6.94. The van der Waals surface area contributed by atoms with E-state index in [9.17, 15) is 4.79 Å². The van der Waals surface area contributed by atoms with Crippen LogP contribution in [-0.2, 0) is 4.79 Å². The molecule has 0 bridgehead atoms. The van der Waals surface area contributed by atoms with Crippen molar-refractivity contribution < 1.29 is 4.79 Å². The van der Waals surface area contributed by atoms with Crippen LogP contribution in [0.5, 0.6) is 0 Å². The molecule has 0 saturated carbocycles. The van der Waals surface area contributed by atoms with E-state index in [1.165, 1.54) is 38.6 Å². The molecular weight excluding hydrogens is 236 g/mol.